The number of thiophene rings is 1. The maximum atomic E-state index is 12.0. The number of aromatic nitrogens is 1. The Balaban J connectivity index is 1.66. The summed E-state index contributed by atoms with van der Waals surface area (Å²) in [4.78, 5) is 20.0. The summed E-state index contributed by atoms with van der Waals surface area (Å²) in [6.07, 6.45) is 2.89. The summed E-state index contributed by atoms with van der Waals surface area (Å²) >= 11 is 1.60. The maximum absolute atomic E-state index is 12.0. The molecule has 110 valence electrons. The van der Waals surface area contributed by atoms with Crippen molar-refractivity contribution < 1.29 is 4.79 Å². The number of aryl methyl sites for hydroxylation is 1. The number of pyridine rings is 1. The van der Waals surface area contributed by atoms with Gasteiger partial charge in [0.15, 0.2) is 0 Å². The molecule has 1 saturated heterocycles. The molecule has 3 heterocycles. The number of carbonyl (C=O) groups is 1. The number of carbonyl (C=O) groups excluding carboxylic acids is 1. The summed E-state index contributed by atoms with van der Waals surface area (Å²) < 4.78 is 0. The number of hydrogen-bond donors (Lipinski definition) is 1. The molecule has 0 unspecified atom stereocenters. The summed E-state index contributed by atoms with van der Waals surface area (Å²) in [7, 11) is 0. The van der Waals surface area contributed by atoms with Gasteiger partial charge in [-0.2, -0.15) is 0 Å². The van der Waals surface area contributed by atoms with Crippen molar-refractivity contribution >= 4 is 28.7 Å². The number of hydrogen-bond acceptors (Lipinski definition) is 4. The van der Waals surface area contributed by atoms with Crippen molar-refractivity contribution in [2.24, 2.45) is 0 Å². The van der Waals surface area contributed by atoms with E-state index in [1.165, 1.54) is 12.8 Å². The highest BCUT2D eigenvalue weighted by atomic mass is 32.1. The molecule has 21 heavy (non-hydrogen) atoms. The second-order valence-corrected chi connectivity index (χ2v) is 6.33. The van der Waals surface area contributed by atoms with Crippen LogP contribution in [-0.4, -0.2) is 24.0 Å². The third-order valence-electron chi connectivity index (χ3n) is 3.69. The first-order valence-corrected chi connectivity index (χ1v) is 8.15. The van der Waals surface area contributed by atoms with Crippen molar-refractivity contribution in [3.63, 3.8) is 0 Å². The van der Waals surface area contributed by atoms with Crippen LogP contribution in [-0.2, 0) is 11.2 Å². The average molecular weight is 301 g/mol. The molecule has 0 saturated carbocycles. The number of nitrogens with zero attached hydrogens (tertiary/aromatic N) is 2. The quantitative estimate of drug-likeness (QED) is 0.943. The van der Waals surface area contributed by atoms with Gasteiger partial charge in [-0.25, -0.2) is 4.98 Å². The van der Waals surface area contributed by atoms with Crippen molar-refractivity contribution in [3.05, 3.63) is 40.2 Å². The summed E-state index contributed by atoms with van der Waals surface area (Å²) in [5.74, 6) is 1.03. The molecule has 1 aliphatic rings. The van der Waals surface area contributed by atoms with Crippen LogP contribution >= 0.6 is 11.3 Å². The molecule has 0 aliphatic carbocycles. The fourth-order valence-electron chi connectivity index (χ4n) is 2.57. The number of amides is 1. The van der Waals surface area contributed by atoms with Crippen molar-refractivity contribution in [1.82, 2.24) is 4.98 Å². The highest BCUT2D eigenvalue weighted by Gasteiger charge is 2.15. The molecule has 1 aliphatic heterocycles. The molecule has 1 fully saturated rings. The Morgan fingerprint density at radius 2 is 2.14 bits per heavy atom. The van der Waals surface area contributed by atoms with E-state index >= 15 is 0 Å². The van der Waals surface area contributed by atoms with Gasteiger partial charge in [0, 0.05) is 18.0 Å². The molecule has 1 N–H and O–H groups in total. The SMILES string of the molecule is Cc1nc(N2CCCC2)ccc1NC(=O)Cc1cccs1. The third-order valence-corrected chi connectivity index (χ3v) is 4.57. The lowest BCUT2D eigenvalue weighted by atomic mass is 10.2. The largest absolute Gasteiger partial charge is 0.357 e. The Hall–Kier alpha value is -1.88. The van der Waals surface area contributed by atoms with Gasteiger partial charge in [0.1, 0.15) is 5.82 Å². The van der Waals surface area contributed by atoms with Crippen LogP contribution in [0.5, 0.6) is 0 Å². The van der Waals surface area contributed by atoms with Crippen LogP contribution in [0, 0.1) is 6.92 Å². The lowest BCUT2D eigenvalue weighted by molar-refractivity contribution is -0.115. The van der Waals surface area contributed by atoms with Crippen molar-refractivity contribution in [3.8, 4) is 0 Å². The van der Waals surface area contributed by atoms with Crippen molar-refractivity contribution in [2.75, 3.05) is 23.3 Å². The summed E-state index contributed by atoms with van der Waals surface area (Å²) in [5, 5.41) is 4.94. The van der Waals surface area contributed by atoms with Gasteiger partial charge in [-0.05, 0) is 43.3 Å². The van der Waals surface area contributed by atoms with Gasteiger partial charge in [0.25, 0.3) is 0 Å². The molecule has 3 rings (SSSR count). The topological polar surface area (TPSA) is 45.2 Å². The van der Waals surface area contributed by atoms with Gasteiger partial charge in [0.05, 0.1) is 17.8 Å². The maximum Gasteiger partial charge on any atom is 0.229 e. The van der Waals surface area contributed by atoms with Crippen LogP contribution in [0.4, 0.5) is 11.5 Å². The summed E-state index contributed by atoms with van der Waals surface area (Å²) in [6, 6.07) is 7.90. The summed E-state index contributed by atoms with van der Waals surface area (Å²) in [6.45, 7) is 4.10. The van der Waals surface area contributed by atoms with Crippen LogP contribution in [0.1, 0.15) is 23.4 Å². The van der Waals surface area contributed by atoms with Crippen LogP contribution in [0.2, 0.25) is 0 Å². The Kier molecular flexibility index (Phi) is 4.20. The van der Waals surface area contributed by atoms with E-state index in [9.17, 15) is 4.79 Å². The Morgan fingerprint density at radius 1 is 1.33 bits per heavy atom. The average Bonchev–Trinajstić information content (AvgIpc) is 3.13. The molecule has 0 spiro atoms. The van der Waals surface area contributed by atoms with Gasteiger partial charge in [-0.15, -0.1) is 11.3 Å². The predicted molar refractivity (Wildman–Crippen MR) is 87.1 cm³/mol. The minimum absolute atomic E-state index is 0.0104. The second kappa shape index (κ2) is 6.26. The first-order chi connectivity index (χ1) is 10.2. The van der Waals surface area contributed by atoms with E-state index in [1.54, 1.807) is 11.3 Å². The van der Waals surface area contributed by atoms with E-state index in [0.717, 1.165) is 35.2 Å². The molecule has 2 aromatic rings. The van der Waals surface area contributed by atoms with E-state index in [2.05, 4.69) is 15.2 Å². The van der Waals surface area contributed by atoms with E-state index in [1.807, 2.05) is 36.6 Å². The highest BCUT2D eigenvalue weighted by Crippen LogP contribution is 2.22. The minimum Gasteiger partial charge on any atom is -0.357 e. The molecule has 0 radical (unpaired) electrons. The monoisotopic (exact) mass is 301 g/mol. The number of rotatable bonds is 4. The summed E-state index contributed by atoms with van der Waals surface area (Å²) in [5.41, 5.74) is 1.68. The molecule has 0 atom stereocenters. The molecule has 0 aromatic carbocycles. The van der Waals surface area contributed by atoms with Gasteiger partial charge < -0.3 is 10.2 Å². The first kappa shape index (κ1) is 14.1. The Morgan fingerprint density at radius 3 is 2.81 bits per heavy atom. The molecule has 5 heteroatoms. The highest BCUT2D eigenvalue weighted by molar-refractivity contribution is 7.10. The van der Waals surface area contributed by atoms with Crippen LogP contribution < -0.4 is 10.2 Å². The smallest absolute Gasteiger partial charge is 0.229 e. The van der Waals surface area contributed by atoms with Gasteiger partial charge in [0.2, 0.25) is 5.91 Å². The predicted octanol–water partition coefficient (Wildman–Crippen LogP) is 3.23. The van der Waals surface area contributed by atoms with Crippen LogP contribution in [0.15, 0.2) is 29.6 Å². The second-order valence-electron chi connectivity index (χ2n) is 5.30. The third kappa shape index (κ3) is 3.42. The first-order valence-electron chi connectivity index (χ1n) is 7.27. The zero-order chi connectivity index (χ0) is 14.7. The van der Waals surface area contributed by atoms with Crippen molar-refractivity contribution in [2.45, 2.75) is 26.2 Å². The van der Waals surface area contributed by atoms with Crippen LogP contribution in [0.25, 0.3) is 0 Å². The van der Waals surface area contributed by atoms with Gasteiger partial charge >= 0.3 is 0 Å². The van der Waals surface area contributed by atoms with Gasteiger partial charge in [-0.3, -0.25) is 4.79 Å². The zero-order valence-electron chi connectivity index (χ0n) is 12.1. The fraction of sp³-hybridized carbons (Fsp3) is 0.375. The molecule has 1 amide bonds. The van der Waals surface area contributed by atoms with Crippen molar-refractivity contribution in [1.29, 1.82) is 0 Å². The zero-order valence-corrected chi connectivity index (χ0v) is 12.9. The van der Waals surface area contributed by atoms with Gasteiger partial charge in [-0.1, -0.05) is 6.07 Å². The van der Waals surface area contributed by atoms with E-state index in [-0.39, 0.29) is 5.91 Å². The van der Waals surface area contributed by atoms with Crippen LogP contribution in [0.3, 0.4) is 0 Å². The fourth-order valence-corrected chi connectivity index (χ4v) is 3.27. The minimum atomic E-state index is 0.0104. The number of anilines is 2. The molecule has 2 aromatic heterocycles. The Labute approximate surface area is 128 Å². The lowest BCUT2D eigenvalue weighted by Crippen LogP contribution is -2.20. The molecular weight excluding hydrogens is 282 g/mol. The molecule has 0 bridgehead atoms. The number of nitrogens with one attached hydrogen (secondary N) is 1. The van der Waals surface area contributed by atoms with E-state index < -0.39 is 0 Å². The van der Waals surface area contributed by atoms with E-state index in [4.69, 9.17) is 0 Å². The normalized spacial score (nSPS) is 14.4. The van der Waals surface area contributed by atoms with E-state index in [0.29, 0.717) is 6.42 Å². The lowest BCUT2D eigenvalue weighted by Gasteiger charge is -2.18. The Bertz CT molecular complexity index is 618. The standard InChI is InChI=1S/C16H19N3OS/c1-12-14(18-16(20)11-13-5-4-10-21-13)6-7-15(17-12)19-8-2-3-9-19/h4-7,10H,2-3,8-9,11H2,1H3,(H,18,20). The molecule has 4 nitrogen and oxygen atoms in total. The molecular formula is C16H19N3OS.